The molecule has 1 aliphatic rings. The number of rotatable bonds is 8. The Morgan fingerprint density at radius 1 is 0.974 bits per heavy atom. The molecule has 0 saturated carbocycles. The van der Waals surface area contributed by atoms with Gasteiger partial charge in [0.15, 0.2) is 15.9 Å². The van der Waals surface area contributed by atoms with E-state index in [0.717, 1.165) is 22.5 Å². The Morgan fingerprint density at radius 3 is 2.32 bits per heavy atom. The average molecular weight is 548 g/mol. The molecule has 0 fully saturated rings. The van der Waals surface area contributed by atoms with E-state index in [1.54, 1.807) is 18.2 Å². The fraction of sp³-hybridized carbons (Fsp3) is 0.0714. The van der Waals surface area contributed by atoms with Crippen LogP contribution in [0.5, 0.6) is 0 Å². The summed E-state index contributed by atoms with van der Waals surface area (Å²) in [7, 11) is 0. The number of anilines is 1. The minimum Gasteiger partial charge on any atom is -0.503 e. The Morgan fingerprint density at radius 2 is 1.63 bits per heavy atom. The van der Waals surface area contributed by atoms with Crippen LogP contribution in [0, 0.1) is 11.6 Å². The van der Waals surface area contributed by atoms with Crippen molar-refractivity contribution < 1.29 is 23.5 Å². The van der Waals surface area contributed by atoms with E-state index in [9.17, 15) is 23.5 Å². The number of hydrogen-bond acceptors (Lipinski definition) is 7. The molecule has 0 aliphatic carbocycles. The van der Waals surface area contributed by atoms with Gasteiger partial charge < -0.3 is 5.11 Å². The van der Waals surface area contributed by atoms with Gasteiger partial charge in [0.1, 0.15) is 11.6 Å². The molecule has 0 saturated heterocycles. The SMILES string of the molecule is O=C(C=Cc1ccccc1)C1=C(O)C(=O)N(c2nnc(SCc3ccc(F)cc3)s2)C1c1ccc(F)cc1. The number of benzene rings is 3. The fourth-order valence-electron chi connectivity index (χ4n) is 3.92. The van der Waals surface area contributed by atoms with Gasteiger partial charge in [-0.05, 0) is 47.0 Å². The maximum absolute atomic E-state index is 13.7. The molecular formula is C28H19F2N3O3S2. The van der Waals surface area contributed by atoms with Gasteiger partial charge in [0.05, 0.1) is 11.6 Å². The number of amides is 1. The minimum atomic E-state index is -1.03. The fourth-order valence-corrected chi connectivity index (χ4v) is 5.75. The number of aliphatic hydroxyl groups is 1. The van der Waals surface area contributed by atoms with Gasteiger partial charge in [-0.3, -0.25) is 14.5 Å². The first-order valence-electron chi connectivity index (χ1n) is 11.4. The van der Waals surface area contributed by atoms with Crippen molar-refractivity contribution in [1.82, 2.24) is 10.2 Å². The van der Waals surface area contributed by atoms with E-state index in [-0.39, 0.29) is 16.5 Å². The smallest absolute Gasteiger partial charge is 0.296 e. The molecule has 4 aromatic rings. The lowest BCUT2D eigenvalue weighted by atomic mass is 9.96. The van der Waals surface area contributed by atoms with Gasteiger partial charge in [-0.1, -0.05) is 83.8 Å². The summed E-state index contributed by atoms with van der Waals surface area (Å²) >= 11 is 2.47. The third kappa shape index (κ3) is 5.41. The van der Waals surface area contributed by atoms with Crippen molar-refractivity contribution in [2.45, 2.75) is 16.1 Å². The van der Waals surface area contributed by atoms with Crippen LogP contribution in [-0.4, -0.2) is 27.0 Å². The van der Waals surface area contributed by atoms with Crippen molar-refractivity contribution in [3.63, 3.8) is 0 Å². The first kappa shape index (κ1) is 25.5. The predicted octanol–water partition coefficient (Wildman–Crippen LogP) is 6.29. The van der Waals surface area contributed by atoms with Crippen LogP contribution in [0.3, 0.4) is 0 Å². The lowest BCUT2D eigenvalue weighted by molar-refractivity contribution is -0.117. The van der Waals surface area contributed by atoms with Gasteiger partial charge >= 0.3 is 0 Å². The molecule has 2 heterocycles. The number of aliphatic hydroxyl groups excluding tert-OH is 1. The van der Waals surface area contributed by atoms with Crippen LogP contribution in [0.1, 0.15) is 22.7 Å². The van der Waals surface area contributed by atoms with Gasteiger partial charge in [0.25, 0.3) is 5.91 Å². The van der Waals surface area contributed by atoms with Gasteiger partial charge in [-0.15, -0.1) is 10.2 Å². The largest absolute Gasteiger partial charge is 0.503 e. The van der Waals surface area contributed by atoms with Crippen LogP contribution >= 0.6 is 23.1 Å². The van der Waals surface area contributed by atoms with Crippen molar-refractivity contribution in [2.24, 2.45) is 0 Å². The van der Waals surface area contributed by atoms with E-state index in [1.165, 1.54) is 59.1 Å². The van der Waals surface area contributed by atoms with Crippen molar-refractivity contribution >= 4 is 46.0 Å². The first-order valence-corrected chi connectivity index (χ1v) is 13.2. The molecule has 10 heteroatoms. The highest BCUT2D eigenvalue weighted by molar-refractivity contribution is 8.00. The van der Waals surface area contributed by atoms with Crippen molar-refractivity contribution in [1.29, 1.82) is 0 Å². The van der Waals surface area contributed by atoms with Crippen LogP contribution in [0.25, 0.3) is 6.08 Å². The molecule has 1 amide bonds. The highest BCUT2D eigenvalue weighted by atomic mass is 32.2. The topological polar surface area (TPSA) is 83.4 Å². The second-order valence-electron chi connectivity index (χ2n) is 8.27. The number of carbonyl (C=O) groups excluding carboxylic acids is 2. The van der Waals surface area contributed by atoms with Gasteiger partial charge in [-0.25, -0.2) is 8.78 Å². The third-order valence-electron chi connectivity index (χ3n) is 5.76. The quantitative estimate of drug-likeness (QED) is 0.159. The molecule has 0 radical (unpaired) electrons. The third-order valence-corrected chi connectivity index (χ3v) is 7.89. The van der Waals surface area contributed by atoms with Crippen molar-refractivity contribution in [3.8, 4) is 0 Å². The van der Waals surface area contributed by atoms with Crippen molar-refractivity contribution in [2.75, 3.05) is 4.90 Å². The zero-order chi connectivity index (χ0) is 26.6. The number of aromatic nitrogens is 2. The van der Waals surface area contributed by atoms with Gasteiger partial charge in [-0.2, -0.15) is 0 Å². The molecule has 0 bridgehead atoms. The van der Waals surface area contributed by atoms with Crippen LogP contribution in [0.4, 0.5) is 13.9 Å². The molecule has 0 spiro atoms. The molecule has 3 aromatic carbocycles. The molecule has 1 atom stereocenters. The highest BCUT2D eigenvalue weighted by Crippen LogP contribution is 2.43. The number of allylic oxidation sites excluding steroid dienone is 1. The summed E-state index contributed by atoms with van der Waals surface area (Å²) < 4.78 is 27.4. The summed E-state index contributed by atoms with van der Waals surface area (Å²) in [6.07, 6.45) is 2.88. The number of carbonyl (C=O) groups is 2. The Kier molecular flexibility index (Phi) is 7.43. The lowest BCUT2D eigenvalue weighted by Gasteiger charge is -2.23. The van der Waals surface area contributed by atoms with Gasteiger partial charge in [0, 0.05) is 5.75 Å². The number of nitrogens with zero attached hydrogens (tertiary/aromatic N) is 3. The second kappa shape index (κ2) is 11.1. The molecule has 1 aromatic heterocycles. The summed E-state index contributed by atoms with van der Waals surface area (Å²) in [5, 5.41) is 19.3. The van der Waals surface area contributed by atoms with E-state index in [1.807, 2.05) is 30.3 Å². The van der Waals surface area contributed by atoms with Crippen LogP contribution in [0.15, 0.2) is 101 Å². The van der Waals surface area contributed by atoms with E-state index in [4.69, 9.17) is 0 Å². The average Bonchev–Trinajstić information content (AvgIpc) is 3.50. The minimum absolute atomic E-state index is 0.135. The molecule has 38 heavy (non-hydrogen) atoms. The molecule has 1 unspecified atom stereocenters. The zero-order valence-electron chi connectivity index (χ0n) is 19.6. The number of hydrogen-bond donors (Lipinski definition) is 1. The maximum atomic E-state index is 13.7. The lowest BCUT2D eigenvalue weighted by Crippen LogP contribution is -2.30. The molecule has 5 rings (SSSR count). The Balaban J connectivity index is 1.45. The Hall–Kier alpha value is -4.15. The summed E-state index contributed by atoms with van der Waals surface area (Å²) in [5.74, 6) is -2.37. The molecule has 190 valence electrons. The molecule has 1 aliphatic heterocycles. The molecular weight excluding hydrogens is 528 g/mol. The number of halogens is 2. The van der Waals surface area contributed by atoms with E-state index >= 15 is 0 Å². The summed E-state index contributed by atoms with van der Waals surface area (Å²) in [6.45, 7) is 0. The Labute approximate surface area is 225 Å². The highest BCUT2D eigenvalue weighted by Gasteiger charge is 2.45. The monoisotopic (exact) mass is 547 g/mol. The predicted molar refractivity (Wildman–Crippen MR) is 143 cm³/mol. The Bertz CT molecular complexity index is 1540. The molecule has 6 nitrogen and oxygen atoms in total. The standard InChI is InChI=1S/C28H19F2N3O3S2/c29-20-11-6-18(7-12-20)16-37-28-32-31-27(38-28)33-24(19-9-13-21(30)14-10-19)23(25(35)26(33)36)22(34)15-8-17-4-2-1-3-5-17/h1-15,24,35H,16H2. The summed E-state index contributed by atoms with van der Waals surface area (Å²) in [4.78, 5) is 27.7. The van der Waals surface area contributed by atoms with E-state index in [2.05, 4.69) is 10.2 Å². The number of ketones is 1. The van der Waals surface area contributed by atoms with Gasteiger partial charge in [0.2, 0.25) is 5.13 Å². The summed E-state index contributed by atoms with van der Waals surface area (Å²) in [5.41, 5.74) is 1.94. The van der Waals surface area contributed by atoms with Crippen LogP contribution < -0.4 is 4.90 Å². The first-order chi connectivity index (χ1) is 18.4. The van der Waals surface area contributed by atoms with Crippen LogP contribution in [0.2, 0.25) is 0 Å². The van der Waals surface area contributed by atoms with E-state index in [0.29, 0.717) is 15.7 Å². The second-order valence-corrected chi connectivity index (χ2v) is 10.4. The number of thioether (sulfide) groups is 1. The normalized spacial score (nSPS) is 15.6. The van der Waals surface area contributed by atoms with E-state index < -0.39 is 29.3 Å². The van der Waals surface area contributed by atoms with Crippen molar-refractivity contribution in [3.05, 3.63) is 125 Å². The zero-order valence-corrected chi connectivity index (χ0v) is 21.3. The van der Waals surface area contributed by atoms with Crippen LogP contribution in [-0.2, 0) is 15.3 Å². The maximum Gasteiger partial charge on any atom is 0.296 e. The summed E-state index contributed by atoms with van der Waals surface area (Å²) in [6, 6.07) is 19.5. The molecule has 1 N–H and O–H groups in total.